The zero-order valence-corrected chi connectivity index (χ0v) is 41.8. The van der Waals surface area contributed by atoms with Crippen LogP contribution >= 0.6 is 0 Å². The quantitative estimate of drug-likeness (QED) is 0.0733. The molecule has 6 aromatic rings. The number of likely N-dealkylation sites (N-methyl/N-ethyl adjacent to an activating group) is 1. The molecule has 21 nitrogen and oxygen atoms in total. The van der Waals surface area contributed by atoms with Crippen LogP contribution in [-0.4, -0.2) is 153 Å². The van der Waals surface area contributed by atoms with Gasteiger partial charge in [-0.25, -0.2) is 20.0 Å². The maximum absolute atomic E-state index is 14.2. The summed E-state index contributed by atoms with van der Waals surface area (Å²) in [5.74, 6) is 3.08. The van der Waals surface area contributed by atoms with Crippen molar-refractivity contribution in [1.29, 1.82) is 0 Å². The van der Waals surface area contributed by atoms with Gasteiger partial charge in [0.2, 0.25) is 18.1 Å². The van der Waals surface area contributed by atoms with Crippen LogP contribution in [0.15, 0.2) is 70.5 Å². The van der Waals surface area contributed by atoms with Crippen molar-refractivity contribution in [3.63, 3.8) is 0 Å². The molecule has 1 atom stereocenters. The van der Waals surface area contributed by atoms with Crippen molar-refractivity contribution in [1.82, 2.24) is 49.9 Å². The number of nitrogens with zero attached hydrogens (tertiary/aromatic N) is 11. The molecule has 8 heterocycles. The topological polar surface area (TPSA) is 230 Å². The molecule has 73 heavy (non-hydrogen) atoms. The number of benzene rings is 2. The molecule has 0 saturated carbocycles. The van der Waals surface area contributed by atoms with E-state index in [0.717, 1.165) is 120 Å². The monoisotopic (exact) mass is 999 g/mol. The first-order chi connectivity index (χ1) is 35.7. The van der Waals surface area contributed by atoms with Gasteiger partial charge in [-0.1, -0.05) is 30.4 Å². The molecule has 2 aromatic carbocycles. The first-order valence-corrected chi connectivity index (χ1v) is 26.2. The third-order valence-corrected chi connectivity index (χ3v) is 14.7. The predicted molar refractivity (Wildman–Crippen MR) is 280 cm³/mol. The number of aliphatic carboxylic acids is 1. The van der Waals surface area contributed by atoms with Crippen LogP contribution in [0.2, 0.25) is 0 Å². The number of ether oxygens (including phenoxy) is 2. The lowest BCUT2D eigenvalue weighted by molar-refractivity contribution is -0.796. The summed E-state index contributed by atoms with van der Waals surface area (Å²) in [4.78, 5) is 69.2. The van der Waals surface area contributed by atoms with Crippen LogP contribution in [0.4, 0.5) is 34.9 Å². The summed E-state index contributed by atoms with van der Waals surface area (Å²) < 4.78 is 14.3. The summed E-state index contributed by atoms with van der Waals surface area (Å²) in [7, 11) is 2.08. The molecule has 0 radical (unpaired) electrons. The van der Waals surface area contributed by atoms with E-state index in [-0.39, 0.29) is 29.6 Å². The highest BCUT2D eigenvalue weighted by molar-refractivity contribution is 5.91. The van der Waals surface area contributed by atoms with Gasteiger partial charge in [-0.05, 0) is 113 Å². The third-order valence-electron chi connectivity index (χ3n) is 14.7. The summed E-state index contributed by atoms with van der Waals surface area (Å²) in [6, 6.07) is 15.4. The molecule has 0 amide bonds. The summed E-state index contributed by atoms with van der Waals surface area (Å²) in [6.07, 6.45) is 14.4. The van der Waals surface area contributed by atoms with Crippen molar-refractivity contribution < 1.29 is 24.1 Å². The highest BCUT2D eigenvalue weighted by atomic mass is 16.5. The Morgan fingerprint density at radius 1 is 0.671 bits per heavy atom. The van der Waals surface area contributed by atoms with Gasteiger partial charge in [0, 0.05) is 70.2 Å². The van der Waals surface area contributed by atoms with Crippen molar-refractivity contribution in [2.24, 2.45) is 5.92 Å². The van der Waals surface area contributed by atoms with Crippen molar-refractivity contribution in [2.45, 2.75) is 76.8 Å². The molecule has 0 spiro atoms. The number of aromatic amines is 2. The van der Waals surface area contributed by atoms with Gasteiger partial charge in [0.1, 0.15) is 58.2 Å². The lowest BCUT2D eigenvalue weighted by atomic mass is 9.94. The van der Waals surface area contributed by atoms with Crippen molar-refractivity contribution in [3.8, 4) is 11.5 Å². The van der Waals surface area contributed by atoms with Gasteiger partial charge in [0.15, 0.2) is 0 Å². The molecule has 4 aliphatic heterocycles. The van der Waals surface area contributed by atoms with Gasteiger partial charge in [-0.15, -0.1) is 5.10 Å². The number of carboxylic acids is 1. The van der Waals surface area contributed by atoms with Gasteiger partial charge < -0.3 is 35.0 Å². The number of hydrogen-bond acceptors (Lipinski definition) is 17. The Morgan fingerprint density at radius 2 is 1.21 bits per heavy atom. The van der Waals surface area contributed by atoms with E-state index in [1.54, 1.807) is 6.20 Å². The molecule has 4 fully saturated rings. The molecule has 4 saturated heterocycles. The lowest BCUT2D eigenvalue weighted by Crippen LogP contribution is -2.61. The van der Waals surface area contributed by atoms with Crippen LogP contribution in [-0.2, 0) is 4.79 Å². The molecule has 386 valence electrons. The predicted octanol–water partition coefficient (Wildman–Crippen LogP) is 5.27. The smallest absolute Gasteiger partial charge is 0.311 e. The van der Waals surface area contributed by atoms with Crippen LogP contribution in [0, 0.1) is 5.92 Å². The second-order valence-corrected chi connectivity index (χ2v) is 19.9. The summed E-state index contributed by atoms with van der Waals surface area (Å²) in [5.41, 5.74) is 1.96. The molecule has 10 rings (SSSR count). The van der Waals surface area contributed by atoms with Gasteiger partial charge in [0.05, 0.1) is 12.7 Å². The zero-order valence-electron chi connectivity index (χ0n) is 41.8. The number of aromatic nitrogens is 8. The SMILES string of the molecule is CN1CCN(CCOc2ccc(Nc3nc(N4CCCCCC4)nc4cn[nH]c(=O)c34)cc2)CC1[n+]1cc2nc(N3CCCCCC3)nc(Nc3ccc(OCCN4CCC(CC(=O)O)CC4)cc3)c2c(=O)[nH]1. The highest BCUT2D eigenvalue weighted by Crippen LogP contribution is 2.29. The van der Waals surface area contributed by atoms with Crippen molar-refractivity contribution in [2.75, 3.05) is 113 Å². The number of rotatable bonds is 17. The Hall–Kier alpha value is -6.97. The molecule has 5 N–H and O–H groups in total. The number of nitrogens with one attached hydrogen (secondary N) is 4. The number of piperazine rings is 1. The average Bonchev–Trinajstić information content (AvgIpc) is 3.85. The van der Waals surface area contributed by atoms with E-state index in [1.165, 1.54) is 25.7 Å². The number of carboxylic acid groups (broad SMARTS) is 1. The minimum absolute atomic E-state index is 0.165. The van der Waals surface area contributed by atoms with Crippen LogP contribution in [0.3, 0.4) is 0 Å². The van der Waals surface area contributed by atoms with Crippen LogP contribution in [0.5, 0.6) is 11.5 Å². The molecule has 1 unspecified atom stereocenters. The van der Waals surface area contributed by atoms with Gasteiger partial charge >= 0.3 is 11.5 Å². The Morgan fingerprint density at radius 3 is 1.77 bits per heavy atom. The second-order valence-electron chi connectivity index (χ2n) is 19.9. The van der Waals surface area contributed by atoms with Crippen LogP contribution < -0.4 is 45.7 Å². The standard InChI is InChI=1S/C52H67N15O6/c1-62-26-27-64(29-31-73-40-16-10-37(11-17-40)54-47-45-41(33-53-60-49(45)70)56-51(58-47)65-20-6-2-3-7-21-65)35-43(62)67-34-42-46(50(71)61-67)48(59-52(57-42)66-22-8-4-5-9-23-66)55-38-12-14-39(15-13-38)72-30-28-63-24-18-36(19-25-63)32-44(68)69/h10-17,33-34,36,43H,2-9,18-32,35H2,1H3,(H4-,54,55,56,57,58,59,60,61,68,69,70,71)/p+1. The summed E-state index contributed by atoms with van der Waals surface area (Å²) in [5, 5.41) is 26.4. The van der Waals surface area contributed by atoms with E-state index < -0.39 is 5.97 Å². The number of fused-ring (bicyclic) bond motifs is 2. The Bertz CT molecular complexity index is 2930. The van der Waals surface area contributed by atoms with E-state index in [2.05, 4.69) is 57.5 Å². The largest absolute Gasteiger partial charge is 0.492 e. The Labute approximate surface area is 423 Å². The molecule has 4 aromatic heterocycles. The van der Waals surface area contributed by atoms with E-state index in [1.807, 2.05) is 59.4 Å². The summed E-state index contributed by atoms with van der Waals surface area (Å²) in [6.45, 7) is 9.96. The van der Waals surface area contributed by atoms with E-state index in [4.69, 9.17) is 34.5 Å². The van der Waals surface area contributed by atoms with E-state index in [0.29, 0.717) is 71.6 Å². The number of hydrogen-bond donors (Lipinski definition) is 5. The molecule has 0 aliphatic carbocycles. The molecule has 4 aliphatic rings. The van der Waals surface area contributed by atoms with E-state index >= 15 is 0 Å². The van der Waals surface area contributed by atoms with Crippen molar-refractivity contribution in [3.05, 3.63) is 81.6 Å². The molecule has 21 heteroatoms. The van der Waals surface area contributed by atoms with Crippen molar-refractivity contribution >= 4 is 62.7 Å². The Kier molecular flexibility index (Phi) is 15.8. The first-order valence-electron chi connectivity index (χ1n) is 26.2. The lowest BCUT2D eigenvalue weighted by Gasteiger charge is -2.35. The highest BCUT2D eigenvalue weighted by Gasteiger charge is 2.34. The normalized spacial score (nSPS) is 18.9. The summed E-state index contributed by atoms with van der Waals surface area (Å²) >= 11 is 0. The maximum atomic E-state index is 14.2. The minimum atomic E-state index is -0.720. The van der Waals surface area contributed by atoms with E-state index in [9.17, 15) is 14.4 Å². The number of carbonyl (C=O) groups is 1. The number of likely N-dealkylation sites (tertiary alicyclic amines) is 1. The fourth-order valence-corrected chi connectivity index (χ4v) is 10.5. The second kappa shape index (κ2) is 23.3. The fraction of sp³-hybridized carbons (Fsp3) is 0.519. The number of anilines is 6. The molecular formula is C52H68N15O6+. The average molecular weight is 999 g/mol. The first kappa shape index (κ1) is 49.6. The van der Waals surface area contributed by atoms with Gasteiger partial charge in [0.25, 0.3) is 11.7 Å². The number of piperidine rings is 1. The minimum Gasteiger partial charge on any atom is -0.492 e. The molecular weight excluding hydrogens is 931 g/mol. The Balaban J connectivity index is 0.785. The number of H-pyrrole nitrogens is 2. The zero-order chi connectivity index (χ0) is 50.1. The van der Waals surface area contributed by atoms with Crippen LogP contribution in [0.1, 0.15) is 76.8 Å². The van der Waals surface area contributed by atoms with Gasteiger partial charge in [-0.3, -0.25) is 24.2 Å². The third kappa shape index (κ3) is 12.5. The van der Waals surface area contributed by atoms with Gasteiger partial charge in [-0.2, -0.15) is 15.1 Å². The fourth-order valence-electron chi connectivity index (χ4n) is 10.5. The molecule has 0 bridgehead atoms. The van der Waals surface area contributed by atoms with Crippen LogP contribution in [0.25, 0.3) is 21.8 Å². The maximum Gasteiger partial charge on any atom is 0.311 e.